The molecule has 1 aliphatic heterocycles. The SMILES string of the molecule is CCOC(=O)CCC(=O)N1CCCC(c2nnc(-c3ccsc3)o2)C1. The van der Waals surface area contributed by atoms with Crippen molar-refractivity contribution >= 4 is 23.2 Å². The molecule has 0 bridgehead atoms. The van der Waals surface area contributed by atoms with Gasteiger partial charge in [0.05, 0.1) is 18.9 Å². The van der Waals surface area contributed by atoms with E-state index in [1.807, 2.05) is 16.8 Å². The summed E-state index contributed by atoms with van der Waals surface area (Å²) in [4.78, 5) is 25.5. The van der Waals surface area contributed by atoms with Crippen LogP contribution in [0.25, 0.3) is 11.5 Å². The lowest BCUT2D eigenvalue weighted by Gasteiger charge is -2.31. The number of ether oxygens (including phenoxy) is 1. The van der Waals surface area contributed by atoms with Gasteiger partial charge in [-0.1, -0.05) is 0 Å². The Hall–Kier alpha value is -2.22. The molecule has 7 nitrogen and oxygen atoms in total. The zero-order chi connectivity index (χ0) is 17.6. The van der Waals surface area contributed by atoms with Crippen LogP contribution in [0.5, 0.6) is 0 Å². The van der Waals surface area contributed by atoms with Crippen molar-refractivity contribution in [3.05, 3.63) is 22.7 Å². The van der Waals surface area contributed by atoms with Crippen LogP contribution in [0.1, 0.15) is 44.4 Å². The number of aromatic nitrogens is 2. The van der Waals surface area contributed by atoms with Gasteiger partial charge in [-0.05, 0) is 31.2 Å². The molecular formula is C17H21N3O4S. The molecule has 0 aliphatic carbocycles. The zero-order valence-corrected chi connectivity index (χ0v) is 15.0. The van der Waals surface area contributed by atoms with E-state index in [0.29, 0.717) is 31.5 Å². The van der Waals surface area contributed by atoms with E-state index in [1.54, 1.807) is 23.2 Å². The van der Waals surface area contributed by atoms with Crippen molar-refractivity contribution in [1.29, 1.82) is 0 Å². The molecule has 3 rings (SSSR count). The minimum Gasteiger partial charge on any atom is -0.466 e. The fourth-order valence-corrected chi connectivity index (χ4v) is 3.54. The van der Waals surface area contributed by atoms with Crippen molar-refractivity contribution in [2.24, 2.45) is 0 Å². The van der Waals surface area contributed by atoms with Crippen molar-refractivity contribution in [3.63, 3.8) is 0 Å². The number of thiophene rings is 1. The summed E-state index contributed by atoms with van der Waals surface area (Å²) in [5.41, 5.74) is 0.918. The van der Waals surface area contributed by atoms with Crippen molar-refractivity contribution in [3.8, 4) is 11.5 Å². The van der Waals surface area contributed by atoms with Gasteiger partial charge >= 0.3 is 5.97 Å². The first-order valence-electron chi connectivity index (χ1n) is 8.46. The summed E-state index contributed by atoms with van der Waals surface area (Å²) in [6.45, 7) is 3.34. The highest BCUT2D eigenvalue weighted by Crippen LogP contribution is 2.29. The van der Waals surface area contributed by atoms with Gasteiger partial charge in [-0.25, -0.2) is 0 Å². The number of amides is 1. The van der Waals surface area contributed by atoms with Gasteiger partial charge in [0.25, 0.3) is 0 Å². The quantitative estimate of drug-likeness (QED) is 0.734. The smallest absolute Gasteiger partial charge is 0.306 e. The predicted octanol–water partition coefficient (Wildman–Crippen LogP) is 2.85. The Bertz CT molecular complexity index is 713. The number of carbonyl (C=O) groups excluding carboxylic acids is 2. The molecule has 1 atom stereocenters. The fraction of sp³-hybridized carbons (Fsp3) is 0.529. The summed E-state index contributed by atoms with van der Waals surface area (Å²) >= 11 is 1.58. The largest absolute Gasteiger partial charge is 0.466 e. The molecule has 0 spiro atoms. The summed E-state index contributed by atoms with van der Waals surface area (Å²) in [7, 11) is 0. The number of hydrogen-bond acceptors (Lipinski definition) is 7. The molecule has 1 saturated heterocycles. The molecule has 1 fully saturated rings. The molecule has 3 heterocycles. The van der Waals surface area contributed by atoms with Crippen LogP contribution in [0.2, 0.25) is 0 Å². The molecule has 0 radical (unpaired) electrons. The first-order chi connectivity index (χ1) is 12.2. The molecule has 1 aliphatic rings. The Kier molecular flexibility index (Phi) is 5.80. The highest BCUT2D eigenvalue weighted by molar-refractivity contribution is 7.08. The van der Waals surface area contributed by atoms with Gasteiger partial charge in [0.1, 0.15) is 0 Å². The number of hydrogen-bond donors (Lipinski definition) is 0. The normalized spacial score (nSPS) is 17.5. The van der Waals surface area contributed by atoms with Gasteiger partial charge in [0.15, 0.2) is 0 Å². The average molecular weight is 363 g/mol. The van der Waals surface area contributed by atoms with Crippen LogP contribution in [0.4, 0.5) is 0 Å². The molecule has 1 unspecified atom stereocenters. The summed E-state index contributed by atoms with van der Waals surface area (Å²) in [6.07, 6.45) is 2.09. The molecule has 8 heteroatoms. The molecule has 0 saturated carbocycles. The number of carbonyl (C=O) groups is 2. The summed E-state index contributed by atoms with van der Waals surface area (Å²) in [5, 5.41) is 12.2. The van der Waals surface area contributed by atoms with Crippen LogP contribution >= 0.6 is 11.3 Å². The first-order valence-corrected chi connectivity index (χ1v) is 9.41. The molecule has 2 aromatic rings. The van der Waals surface area contributed by atoms with E-state index in [1.165, 1.54) is 0 Å². The number of likely N-dealkylation sites (tertiary alicyclic amines) is 1. The van der Waals surface area contributed by atoms with Gasteiger partial charge in [-0.15, -0.1) is 10.2 Å². The van der Waals surface area contributed by atoms with Gasteiger partial charge in [-0.2, -0.15) is 11.3 Å². The third-order valence-corrected chi connectivity index (χ3v) is 4.86. The Morgan fingerprint density at radius 1 is 1.40 bits per heavy atom. The Labute approximate surface area is 150 Å². The first kappa shape index (κ1) is 17.6. The minimum absolute atomic E-state index is 0.0321. The predicted molar refractivity (Wildman–Crippen MR) is 92.0 cm³/mol. The molecule has 1 amide bonds. The van der Waals surface area contributed by atoms with Crippen LogP contribution in [0.3, 0.4) is 0 Å². The lowest BCUT2D eigenvalue weighted by atomic mass is 9.97. The summed E-state index contributed by atoms with van der Waals surface area (Å²) in [6, 6.07) is 1.94. The van der Waals surface area contributed by atoms with Crippen molar-refractivity contribution in [2.75, 3.05) is 19.7 Å². The summed E-state index contributed by atoms with van der Waals surface area (Å²) < 4.78 is 10.7. The van der Waals surface area contributed by atoms with E-state index in [2.05, 4.69) is 10.2 Å². The van der Waals surface area contributed by atoms with Crippen LogP contribution in [0.15, 0.2) is 21.2 Å². The second-order valence-electron chi connectivity index (χ2n) is 5.94. The number of rotatable bonds is 6. The Balaban J connectivity index is 1.57. The van der Waals surface area contributed by atoms with Gasteiger partial charge < -0.3 is 14.1 Å². The zero-order valence-electron chi connectivity index (χ0n) is 14.1. The Morgan fingerprint density at radius 2 is 2.28 bits per heavy atom. The molecule has 25 heavy (non-hydrogen) atoms. The second-order valence-corrected chi connectivity index (χ2v) is 6.72. The van der Waals surface area contributed by atoms with Crippen LogP contribution < -0.4 is 0 Å². The highest BCUT2D eigenvalue weighted by Gasteiger charge is 2.28. The van der Waals surface area contributed by atoms with Crippen LogP contribution in [0, 0.1) is 0 Å². The number of nitrogens with zero attached hydrogens (tertiary/aromatic N) is 3. The van der Waals surface area contributed by atoms with Crippen molar-refractivity contribution < 1.29 is 18.7 Å². The average Bonchev–Trinajstić information content (AvgIpc) is 3.31. The maximum Gasteiger partial charge on any atom is 0.306 e. The molecule has 0 aromatic carbocycles. The van der Waals surface area contributed by atoms with Gasteiger partial charge in [0, 0.05) is 30.5 Å². The third kappa shape index (κ3) is 4.45. The lowest BCUT2D eigenvalue weighted by molar-refractivity contribution is -0.146. The highest BCUT2D eigenvalue weighted by atomic mass is 32.1. The molecular weight excluding hydrogens is 342 g/mol. The lowest BCUT2D eigenvalue weighted by Crippen LogP contribution is -2.39. The topological polar surface area (TPSA) is 85.5 Å². The maximum atomic E-state index is 12.3. The maximum absolute atomic E-state index is 12.3. The van der Waals surface area contributed by atoms with E-state index in [-0.39, 0.29) is 30.6 Å². The van der Waals surface area contributed by atoms with Crippen LogP contribution in [-0.4, -0.2) is 46.7 Å². The van der Waals surface area contributed by atoms with E-state index >= 15 is 0 Å². The molecule has 0 N–H and O–H groups in total. The second kappa shape index (κ2) is 8.24. The number of esters is 1. The van der Waals surface area contributed by atoms with Gasteiger partial charge in [-0.3, -0.25) is 9.59 Å². The number of piperidine rings is 1. The van der Waals surface area contributed by atoms with E-state index in [0.717, 1.165) is 18.4 Å². The van der Waals surface area contributed by atoms with Crippen molar-refractivity contribution in [1.82, 2.24) is 15.1 Å². The molecule has 134 valence electrons. The van der Waals surface area contributed by atoms with E-state index < -0.39 is 0 Å². The van der Waals surface area contributed by atoms with Crippen molar-refractivity contribution in [2.45, 2.75) is 38.5 Å². The van der Waals surface area contributed by atoms with Gasteiger partial charge in [0.2, 0.25) is 17.7 Å². The minimum atomic E-state index is -0.332. The van der Waals surface area contributed by atoms with Crippen LogP contribution in [-0.2, 0) is 14.3 Å². The monoisotopic (exact) mass is 363 g/mol. The third-order valence-electron chi connectivity index (χ3n) is 4.18. The Morgan fingerprint density at radius 3 is 3.04 bits per heavy atom. The van der Waals surface area contributed by atoms with E-state index in [4.69, 9.17) is 9.15 Å². The standard InChI is InChI=1S/C17H21N3O4S/c1-2-23-15(22)6-5-14(21)20-8-3-4-12(10-20)16-18-19-17(24-16)13-7-9-25-11-13/h7,9,11-12H,2-6,8,10H2,1H3. The summed E-state index contributed by atoms with van der Waals surface area (Å²) in [5.74, 6) is 0.767. The van der Waals surface area contributed by atoms with E-state index in [9.17, 15) is 9.59 Å². The molecule has 2 aromatic heterocycles. The fourth-order valence-electron chi connectivity index (χ4n) is 2.91.